The van der Waals surface area contributed by atoms with Crippen LogP contribution in [-0.4, -0.2) is 23.2 Å². The van der Waals surface area contributed by atoms with Crippen LogP contribution in [0.5, 0.6) is 11.5 Å². The normalized spacial score (nSPS) is 10.7. The summed E-state index contributed by atoms with van der Waals surface area (Å²) in [6.45, 7) is 2.76. The number of hydrogen-bond donors (Lipinski definition) is 1. The summed E-state index contributed by atoms with van der Waals surface area (Å²) in [5.74, 6) is 0.974. The lowest BCUT2D eigenvalue weighted by molar-refractivity contribution is 0.279. The number of aryl methyl sites for hydroxylation is 1. The van der Waals surface area contributed by atoms with Gasteiger partial charge in [-0.2, -0.15) is 0 Å². The number of halogens is 1. The predicted octanol–water partition coefficient (Wildman–Crippen LogP) is 3.79. The monoisotopic (exact) mass is 369 g/mol. The minimum atomic E-state index is -0.270. The van der Waals surface area contributed by atoms with E-state index in [2.05, 4.69) is 14.9 Å². The summed E-state index contributed by atoms with van der Waals surface area (Å²) in [7, 11) is 1.60. The molecular formula is C21H24FN3O2. The van der Waals surface area contributed by atoms with Crippen molar-refractivity contribution in [3.8, 4) is 11.5 Å². The fourth-order valence-corrected chi connectivity index (χ4v) is 2.75. The first kappa shape index (κ1) is 18.9. The Hall–Kier alpha value is -2.86. The van der Waals surface area contributed by atoms with Gasteiger partial charge in [-0.15, -0.1) is 0 Å². The van der Waals surface area contributed by atoms with Crippen molar-refractivity contribution in [2.45, 2.75) is 26.1 Å². The number of aromatic nitrogens is 2. The van der Waals surface area contributed by atoms with Crippen LogP contribution < -0.4 is 14.8 Å². The Kier molecular flexibility index (Phi) is 6.82. The number of imidazole rings is 1. The molecule has 0 saturated heterocycles. The zero-order valence-electron chi connectivity index (χ0n) is 15.4. The molecule has 1 aromatic heterocycles. The van der Waals surface area contributed by atoms with Gasteiger partial charge in [0.1, 0.15) is 12.4 Å². The number of hydrogen-bond acceptors (Lipinski definition) is 4. The Bertz CT molecular complexity index is 837. The van der Waals surface area contributed by atoms with Gasteiger partial charge in [-0.25, -0.2) is 9.37 Å². The maximum Gasteiger partial charge on any atom is 0.161 e. The molecule has 0 atom stereocenters. The van der Waals surface area contributed by atoms with E-state index >= 15 is 0 Å². The Morgan fingerprint density at radius 1 is 1.15 bits per heavy atom. The first-order valence-electron chi connectivity index (χ1n) is 8.96. The molecule has 1 N–H and O–H groups in total. The second-order valence-corrected chi connectivity index (χ2v) is 6.20. The highest BCUT2D eigenvalue weighted by atomic mass is 19.1. The number of benzene rings is 2. The number of ether oxygens (including phenoxy) is 2. The molecule has 3 aromatic rings. The van der Waals surface area contributed by atoms with E-state index in [0.717, 1.165) is 31.6 Å². The van der Waals surface area contributed by atoms with Gasteiger partial charge in [-0.3, -0.25) is 0 Å². The van der Waals surface area contributed by atoms with Gasteiger partial charge < -0.3 is 19.4 Å². The quantitative estimate of drug-likeness (QED) is 0.553. The number of methoxy groups -OCH3 is 1. The zero-order chi connectivity index (χ0) is 18.9. The van der Waals surface area contributed by atoms with Crippen molar-refractivity contribution < 1.29 is 13.9 Å². The van der Waals surface area contributed by atoms with Crippen molar-refractivity contribution in [2.75, 3.05) is 13.7 Å². The highest BCUT2D eigenvalue weighted by Gasteiger charge is 2.08. The van der Waals surface area contributed by atoms with Gasteiger partial charge in [0.05, 0.1) is 13.4 Å². The molecule has 142 valence electrons. The first-order valence-corrected chi connectivity index (χ1v) is 8.96. The Labute approximate surface area is 158 Å². The summed E-state index contributed by atoms with van der Waals surface area (Å²) in [5, 5.41) is 3.42. The summed E-state index contributed by atoms with van der Waals surface area (Å²) in [6.07, 6.45) is 6.60. The Morgan fingerprint density at radius 3 is 2.81 bits per heavy atom. The Morgan fingerprint density at radius 2 is 2.04 bits per heavy atom. The maximum atomic E-state index is 13.7. The molecule has 5 nitrogen and oxygen atoms in total. The van der Waals surface area contributed by atoms with E-state index in [-0.39, 0.29) is 12.4 Å². The van der Waals surface area contributed by atoms with Gasteiger partial charge in [0.2, 0.25) is 0 Å². The van der Waals surface area contributed by atoms with Crippen LogP contribution in [0.2, 0.25) is 0 Å². The minimum absolute atomic E-state index is 0.162. The molecule has 0 aliphatic carbocycles. The largest absolute Gasteiger partial charge is 0.493 e. The van der Waals surface area contributed by atoms with Gasteiger partial charge in [-0.1, -0.05) is 24.3 Å². The lowest BCUT2D eigenvalue weighted by Gasteiger charge is -2.13. The number of nitrogens with zero attached hydrogens (tertiary/aromatic N) is 2. The SMILES string of the molecule is COc1cc(CNCCCn2ccnc2)ccc1OCc1ccccc1F. The van der Waals surface area contributed by atoms with Crippen molar-refractivity contribution in [1.29, 1.82) is 0 Å². The van der Waals surface area contributed by atoms with Crippen LogP contribution in [0.4, 0.5) is 4.39 Å². The molecule has 0 aliphatic heterocycles. The molecule has 0 spiro atoms. The minimum Gasteiger partial charge on any atom is -0.493 e. The van der Waals surface area contributed by atoms with Crippen LogP contribution in [0.1, 0.15) is 17.5 Å². The smallest absolute Gasteiger partial charge is 0.161 e. The van der Waals surface area contributed by atoms with E-state index in [1.165, 1.54) is 6.07 Å². The summed E-state index contributed by atoms with van der Waals surface area (Å²) in [6, 6.07) is 12.4. The summed E-state index contributed by atoms with van der Waals surface area (Å²) in [4.78, 5) is 4.03. The van der Waals surface area contributed by atoms with Crippen LogP contribution in [0.15, 0.2) is 61.2 Å². The lowest BCUT2D eigenvalue weighted by atomic mass is 10.2. The maximum absolute atomic E-state index is 13.7. The highest BCUT2D eigenvalue weighted by Crippen LogP contribution is 2.29. The molecule has 0 aliphatic rings. The second kappa shape index (κ2) is 9.73. The molecule has 0 fully saturated rings. The van der Waals surface area contributed by atoms with Crippen LogP contribution in [0, 0.1) is 5.82 Å². The molecule has 0 amide bonds. The van der Waals surface area contributed by atoms with Crippen molar-refractivity contribution in [1.82, 2.24) is 14.9 Å². The van der Waals surface area contributed by atoms with Crippen molar-refractivity contribution >= 4 is 0 Å². The van der Waals surface area contributed by atoms with Gasteiger partial charge in [-0.05, 0) is 36.7 Å². The molecule has 2 aromatic carbocycles. The summed E-state index contributed by atoms with van der Waals surface area (Å²) < 4.78 is 26.9. The van der Waals surface area contributed by atoms with Crippen LogP contribution in [0.25, 0.3) is 0 Å². The van der Waals surface area contributed by atoms with E-state index < -0.39 is 0 Å². The average molecular weight is 369 g/mol. The van der Waals surface area contributed by atoms with Crippen molar-refractivity contribution in [2.24, 2.45) is 0 Å². The predicted molar refractivity (Wildman–Crippen MR) is 102 cm³/mol. The standard InChI is InChI=1S/C21H24FN3O2/c1-26-21-13-17(14-23-9-4-11-25-12-10-24-16-25)7-8-20(21)27-15-18-5-2-3-6-19(18)22/h2-3,5-8,10,12-13,16,23H,4,9,11,14-15H2,1H3. The molecule has 0 radical (unpaired) electrons. The van der Waals surface area contributed by atoms with Crippen LogP contribution in [-0.2, 0) is 19.7 Å². The second-order valence-electron chi connectivity index (χ2n) is 6.20. The van der Waals surface area contributed by atoms with Gasteiger partial charge in [0.15, 0.2) is 11.5 Å². The molecule has 0 saturated carbocycles. The van der Waals surface area contributed by atoms with E-state index in [9.17, 15) is 4.39 Å². The van der Waals surface area contributed by atoms with Gasteiger partial charge >= 0.3 is 0 Å². The third kappa shape index (κ3) is 5.56. The fourth-order valence-electron chi connectivity index (χ4n) is 2.75. The van der Waals surface area contributed by atoms with Gasteiger partial charge in [0, 0.05) is 31.0 Å². The number of rotatable bonds is 10. The van der Waals surface area contributed by atoms with E-state index in [1.807, 2.05) is 30.7 Å². The van der Waals surface area contributed by atoms with Crippen LogP contribution >= 0.6 is 0 Å². The van der Waals surface area contributed by atoms with Crippen LogP contribution in [0.3, 0.4) is 0 Å². The number of nitrogens with one attached hydrogen (secondary N) is 1. The van der Waals surface area contributed by atoms with E-state index in [1.54, 1.807) is 31.5 Å². The third-order valence-electron chi connectivity index (χ3n) is 4.23. The molecule has 6 heteroatoms. The summed E-state index contributed by atoms with van der Waals surface area (Å²) >= 11 is 0. The molecule has 0 bridgehead atoms. The lowest BCUT2D eigenvalue weighted by Crippen LogP contribution is -2.16. The molecule has 0 unspecified atom stereocenters. The third-order valence-corrected chi connectivity index (χ3v) is 4.23. The zero-order valence-corrected chi connectivity index (χ0v) is 15.4. The van der Waals surface area contributed by atoms with E-state index in [0.29, 0.717) is 17.1 Å². The van der Waals surface area contributed by atoms with Crippen molar-refractivity contribution in [3.05, 3.63) is 78.1 Å². The average Bonchev–Trinajstić information content (AvgIpc) is 3.21. The topological polar surface area (TPSA) is 48.3 Å². The molecular weight excluding hydrogens is 345 g/mol. The fraction of sp³-hybridized carbons (Fsp3) is 0.286. The molecule has 3 rings (SSSR count). The molecule has 1 heterocycles. The van der Waals surface area contributed by atoms with Crippen molar-refractivity contribution in [3.63, 3.8) is 0 Å². The highest BCUT2D eigenvalue weighted by molar-refractivity contribution is 5.43. The Balaban J connectivity index is 1.48. The van der Waals surface area contributed by atoms with Gasteiger partial charge in [0.25, 0.3) is 0 Å². The molecule has 27 heavy (non-hydrogen) atoms. The van der Waals surface area contributed by atoms with E-state index in [4.69, 9.17) is 9.47 Å². The summed E-state index contributed by atoms with van der Waals surface area (Å²) in [5.41, 5.74) is 1.62. The first-order chi connectivity index (χ1) is 13.3.